The highest BCUT2D eigenvalue weighted by molar-refractivity contribution is 9.10. The van der Waals surface area contributed by atoms with Crippen molar-refractivity contribution >= 4 is 51.3 Å². The van der Waals surface area contributed by atoms with Crippen molar-refractivity contribution in [1.29, 1.82) is 0 Å². The second-order valence-electron chi connectivity index (χ2n) is 6.24. The number of ether oxygens (including phenoxy) is 2. The lowest BCUT2D eigenvalue weighted by molar-refractivity contribution is 0.0955. The highest BCUT2D eigenvalue weighted by Gasteiger charge is 2.13. The molecule has 5 nitrogen and oxygen atoms in total. The Bertz CT molecular complexity index is 1140. The van der Waals surface area contributed by atoms with Crippen molar-refractivity contribution in [3.63, 3.8) is 0 Å². The van der Waals surface area contributed by atoms with Gasteiger partial charge < -0.3 is 9.47 Å². The van der Waals surface area contributed by atoms with Crippen LogP contribution in [0.25, 0.3) is 0 Å². The maximum absolute atomic E-state index is 13.8. The van der Waals surface area contributed by atoms with E-state index in [2.05, 4.69) is 26.5 Å². The standard InChI is InChI=1S/C22H16BrCl2FN2O3/c1-30-20-9-13(11-27-28-22(29)14-6-7-17(24)18(25)10-14)8-16(23)21(20)31-12-15-4-2-3-5-19(15)26/h2-11H,12H2,1H3,(H,28,29)/b27-11-. The minimum absolute atomic E-state index is 0.0365. The fourth-order valence-corrected chi connectivity index (χ4v) is 3.46. The van der Waals surface area contributed by atoms with Crippen molar-refractivity contribution in [2.75, 3.05) is 7.11 Å². The summed E-state index contributed by atoms with van der Waals surface area (Å²) in [6, 6.07) is 14.3. The molecule has 0 bridgehead atoms. The van der Waals surface area contributed by atoms with Gasteiger partial charge in [0.2, 0.25) is 0 Å². The number of nitrogens with zero attached hydrogens (tertiary/aromatic N) is 1. The summed E-state index contributed by atoms with van der Waals surface area (Å²) in [7, 11) is 1.49. The van der Waals surface area contributed by atoms with Gasteiger partial charge in [0.05, 0.1) is 27.8 Å². The van der Waals surface area contributed by atoms with Crippen molar-refractivity contribution < 1.29 is 18.7 Å². The topological polar surface area (TPSA) is 59.9 Å². The van der Waals surface area contributed by atoms with Crippen LogP contribution in [0.5, 0.6) is 11.5 Å². The summed E-state index contributed by atoms with van der Waals surface area (Å²) in [5, 5.41) is 4.59. The quantitative estimate of drug-likeness (QED) is 0.293. The van der Waals surface area contributed by atoms with Crippen LogP contribution in [0, 0.1) is 5.82 Å². The average molecular weight is 526 g/mol. The van der Waals surface area contributed by atoms with Crippen LogP contribution >= 0.6 is 39.1 Å². The molecule has 0 heterocycles. The fourth-order valence-electron chi connectivity index (χ4n) is 2.59. The Balaban J connectivity index is 1.70. The lowest BCUT2D eigenvalue weighted by Crippen LogP contribution is -2.17. The van der Waals surface area contributed by atoms with Gasteiger partial charge in [0, 0.05) is 11.1 Å². The fraction of sp³-hybridized carbons (Fsp3) is 0.0909. The first-order valence-electron chi connectivity index (χ1n) is 8.91. The molecule has 0 saturated carbocycles. The van der Waals surface area contributed by atoms with E-state index >= 15 is 0 Å². The molecule has 0 atom stereocenters. The van der Waals surface area contributed by atoms with Crippen molar-refractivity contribution in [2.45, 2.75) is 6.61 Å². The maximum Gasteiger partial charge on any atom is 0.271 e. The number of methoxy groups -OCH3 is 1. The smallest absolute Gasteiger partial charge is 0.271 e. The number of nitrogens with one attached hydrogen (secondary N) is 1. The van der Waals surface area contributed by atoms with Crippen LogP contribution in [0.2, 0.25) is 10.0 Å². The number of carbonyl (C=O) groups is 1. The molecule has 3 aromatic carbocycles. The third-order valence-electron chi connectivity index (χ3n) is 4.14. The molecule has 3 rings (SSSR count). The molecule has 3 aromatic rings. The molecule has 31 heavy (non-hydrogen) atoms. The highest BCUT2D eigenvalue weighted by atomic mass is 79.9. The van der Waals surface area contributed by atoms with E-state index in [0.717, 1.165) is 0 Å². The van der Waals surface area contributed by atoms with Crippen molar-refractivity contribution in [1.82, 2.24) is 5.43 Å². The van der Waals surface area contributed by atoms with Crippen molar-refractivity contribution in [3.05, 3.63) is 91.6 Å². The predicted octanol–water partition coefficient (Wildman–Crippen LogP) is 6.25. The number of benzene rings is 3. The lowest BCUT2D eigenvalue weighted by atomic mass is 10.2. The molecule has 0 aromatic heterocycles. The molecule has 0 radical (unpaired) electrons. The molecule has 0 aliphatic rings. The van der Waals surface area contributed by atoms with E-state index in [1.165, 1.54) is 31.5 Å². The zero-order valence-electron chi connectivity index (χ0n) is 16.2. The summed E-state index contributed by atoms with van der Waals surface area (Å²) >= 11 is 15.2. The zero-order valence-corrected chi connectivity index (χ0v) is 19.3. The van der Waals surface area contributed by atoms with Gasteiger partial charge in [-0.2, -0.15) is 5.10 Å². The molecule has 0 fully saturated rings. The SMILES string of the molecule is COc1cc(/C=N\NC(=O)c2ccc(Cl)c(Cl)c2)cc(Br)c1OCc1ccccc1F. The highest BCUT2D eigenvalue weighted by Crippen LogP contribution is 2.37. The Morgan fingerprint density at radius 1 is 1.16 bits per heavy atom. The summed E-state index contributed by atoms with van der Waals surface area (Å²) in [4.78, 5) is 12.2. The second kappa shape index (κ2) is 10.6. The predicted molar refractivity (Wildman–Crippen MR) is 123 cm³/mol. The van der Waals surface area contributed by atoms with Crippen LogP contribution in [0.3, 0.4) is 0 Å². The average Bonchev–Trinajstić information content (AvgIpc) is 2.75. The first-order valence-corrected chi connectivity index (χ1v) is 10.5. The Kier molecular flexibility index (Phi) is 7.90. The Hall–Kier alpha value is -2.61. The summed E-state index contributed by atoms with van der Waals surface area (Å²) in [6.45, 7) is 0.0365. The molecule has 0 aliphatic carbocycles. The van der Waals surface area contributed by atoms with Crippen LogP contribution in [0.15, 0.2) is 64.2 Å². The largest absolute Gasteiger partial charge is 0.493 e. The van der Waals surface area contributed by atoms with Gasteiger partial charge in [-0.3, -0.25) is 4.79 Å². The number of rotatable bonds is 7. The van der Waals surface area contributed by atoms with Crippen LogP contribution in [0.4, 0.5) is 4.39 Å². The van der Waals surface area contributed by atoms with E-state index in [0.29, 0.717) is 37.7 Å². The number of hydrogen-bond donors (Lipinski definition) is 1. The van der Waals surface area contributed by atoms with E-state index in [1.54, 1.807) is 36.4 Å². The lowest BCUT2D eigenvalue weighted by Gasteiger charge is -2.14. The van der Waals surface area contributed by atoms with Crippen molar-refractivity contribution in [3.8, 4) is 11.5 Å². The van der Waals surface area contributed by atoms with Gasteiger partial charge in [-0.25, -0.2) is 9.82 Å². The third kappa shape index (κ3) is 5.97. The normalized spacial score (nSPS) is 10.9. The third-order valence-corrected chi connectivity index (χ3v) is 5.47. The molecule has 9 heteroatoms. The summed E-state index contributed by atoms with van der Waals surface area (Å²) in [5.74, 6) is 0.0514. The van der Waals surface area contributed by atoms with Crippen molar-refractivity contribution in [2.24, 2.45) is 5.10 Å². The van der Waals surface area contributed by atoms with Gasteiger partial charge in [-0.05, 0) is 57.9 Å². The molecule has 1 amide bonds. The number of carbonyl (C=O) groups excluding carboxylic acids is 1. The van der Waals surface area contributed by atoms with E-state index in [4.69, 9.17) is 32.7 Å². The molecule has 0 saturated heterocycles. The number of halogens is 4. The summed E-state index contributed by atoms with van der Waals surface area (Å²) in [6.07, 6.45) is 1.45. The van der Waals surface area contributed by atoms with Gasteiger partial charge in [-0.15, -0.1) is 0 Å². The van der Waals surface area contributed by atoms with E-state index < -0.39 is 5.91 Å². The molecule has 1 N–H and O–H groups in total. The second-order valence-corrected chi connectivity index (χ2v) is 7.91. The Morgan fingerprint density at radius 3 is 2.65 bits per heavy atom. The minimum Gasteiger partial charge on any atom is -0.493 e. The van der Waals surface area contributed by atoms with Gasteiger partial charge >= 0.3 is 0 Å². The zero-order chi connectivity index (χ0) is 22.4. The van der Waals surface area contributed by atoms with Crippen LogP contribution in [0.1, 0.15) is 21.5 Å². The van der Waals surface area contributed by atoms with E-state index in [1.807, 2.05) is 0 Å². The minimum atomic E-state index is -0.439. The number of hydrogen-bond acceptors (Lipinski definition) is 4. The van der Waals surface area contributed by atoms with Gasteiger partial charge in [0.1, 0.15) is 12.4 Å². The molecular weight excluding hydrogens is 510 g/mol. The molecule has 0 unspecified atom stereocenters. The summed E-state index contributed by atoms with van der Waals surface area (Å²) < 4.78 is 25.5. The monoisotopic (exact) mass is 524 g/mol. The number of hydrazone groups is 1. The maximum atomic E-state index is 13.8. The first kappa shape index (κ1) is 23.1. The van der Waals surface area contributed by atoms with Gasteiger partial charge in [0.15, 0.2) is 11.5 Å². The molecule has 0 spiro atoms. The van der Waals surface area contributed by atoms with Crippen LogP contribution in [-0.2, 0) is 6.61 Å². The van der Waals surface area contributed by atoms with Crippen LogP contribution in [-0.4, -0.2) is 19.2 Å². The van der Waals surface area contributed by atoms with Gasteiger partial charge in [0.25, 0.3) is 5.91 Å². The molecular formula is C22H16BrCl2FN2O3. The van der Waals surface area contributed by atoms with E-state index in [9.17, 15) is 9.18 Å². The Labute approximate surface area is 196 Å². The number of amides is 1. The molecule has 160 valence electrons. The molecule has 0 aliphatic heterocycles. The van der Waals surface area contributed by atoms with E-state index in [-0.39, 0.29) is 17.4 Å². The first-order chi connectivity index (χ1) is 14.9. The summed E-state index contributed by atoms with van der Waals surface area (Å²) in [5.41, 5.74) is 3.80. The van der Waals surface area contributed by atoms with Gasteiger partial charge in [-0.1, -0.05) is 41.4 Å². The Morgan fingerprint density at radius 2 is 1.94 bits per heavy atom. The van der Waals surface area contributed by atoms with Crippen LogP contribution < -0.4 is 14.9 Å².